The first-order chi connectivity index (χ1) is 6.94. The highest BCUT2D eigenvalue weighted by molar-refractivity contribution is 7.22. The summed E-state index contributed by atoms with van der Waals surface area (Å²) in [5.74, 6) is 0. The van der Waals surface area contributed by atoms with Gasteiger partial charge in [0.05, 0.1) is 10.2 Å². The van der Waals surface area contributed by atoms with E-state index in [0.717, 1.165) is 10.6 Å². The number of nitrogens with one attached hydrogen (secondary N) is 1. The van der Waals surface area contributed by atoms with Gasteiger partial charge in [0.15, 0.2) is 5.13 Å². The van der Waals surface area contributed by atoms with Gasteiger partial charge in [-0.1, -0.05) is 17.4 Å². The summed E-state index contributed by atoms with van der Waals surface area (Å²) in [6.07, 6.45) is 0. The molecule has 0 unspecified atom stereocenters. The first-order valence-corrected chi connectivity index (χ1v) is 5.91. The number of aromatic nitrogens is 1. The van der Waals surface area contributed by atoms with Crippen LogP contribution in [0.25, 0.3) is 10.2 Å². The van der Waals surface area contributed by atoms with E-state index in [2.05, 4.69) is 56.2 Å². The van der Waals surface area contributed by atoms with E-state index < -0.39 is 0 Å². The first kappa shape index (κ1) is 10.4. The van der Waals surface area contributed by atoms with Gasteiger partial charge in [0.1, 0.15) is 0 Å². The molecule has 2 rings (SSSR count). The van der Waals surface area contributed by atoms with Crippen molar-refractivity contribution in [3.63, 3.8) is 0 Å². The van der Waals surface area contributed by atoms with Crippen LogP contribution < -0.4 is 5.32 Å². The predicted octanol–water partition coefficient (Wildman–Crippen LogP) is 3.82. The van der Waals surface area contributed by atoms with Crippen molar-refractivity contribution in [1.82, 2.24) is 4.98 Å². The van der Waals surface area contributed by atoms with Gasteiger partial charge in [-0.2, -0.15) is 0 Å². The third-order valence-electron chi connectivity index (χ3n) is 2.03. The molecule has 0 aliphatic carbocycles. The topological polar surface area (TPSA) is 24.9 Å². The summed E-state index contributed by atoms with van der Waals surface area (Å²) in [7, 11) is 0. The molecule has 0 aliphatic heterocycles. The zero-order valence-corrected chi connectivity index (χ0v) is 10.4. The molecule has 0 fully saturated rings. The van der Waals surface area contributed by atoms with E-state index in [0.29, 0.717) is 0 Å². The molecule has 2 nitrogen and oxygen atoms in total. The van der Waals surface area contributed by atoms with Crippen LogP contribution in [0.4, 0.5) is 5.13 Å². The van der Waals surface area contributed by atoms with Crippen molar-refractivity contribution in [3.05, 3.63) is 23.8 Å². The van der Waals surface area contributed by atoms with E-state index >= 15 is 0 Å². The van der Waals surface area contributed by atoms with E-state index in [9.17, 15) is 0 Å². The highest BCUT2D eigenvalue weighted by atomic mass is 32.1. The van der Waals surface area contributed by atoms with Crippen LogP contribution in [0, 0.1) is 6.92 Å². The fourth-order valence-electron chi connectivity index (χ4n) is 1.41. The number of anilines is 1. The van der Waals surface area contributed by atoms with Crippen molar-refractivity contribution in [1.29, 1.82) is 0 Å². The van der Waals surface area contributed by atoms with Crippen molar-refractivity contribution in [3.8, 4) is 0 Å². The molecule has 3 heteroatoms. The fourth-order valence-corrected chi connectivity index (χ4v) is 2.58. The molecule has 80 valence electrons. The Kier molecular flexibility index (Phi) is 2.43. The third kappa shape index (κ3) is 2.48. The number of hydrogen-bond acceptors (Lipinski definition) is 3. The Hall–Kier alpha value is -1.09. The summed E-state index contributed by atoms with van der Waals surface area (Å²) in [4.78, 5) is 4.55. The van der Waals surface area contributed by atoms with Crippen molar-refractivity contribution in [2.45, 2.75) is 33.2 Å². The maximum Gasteiger partial charge on any atom is 0.184 e. The Morgan fingerprint density at radius 3 is 2.67 bits per heavy atom. The van der Waals surface area contributed by atoms with Crippen molar-refractivity contribution < 1.29 is 0 Å². The quantitative estimate of drug-likeness (QED) is 0.790. The number of thiazole rings is 1. The van der Waals surface area contributed by atoms with Crippen LogP contribution in [0.2, 0.25) is 0 Å². The number of aryl methyl sites for hydroxylation is 1. The lowest BCUT2D eigenvalue weighted by molar-refractivity contribution is 0.633. The molecule has 1 aromatic carbocycles. The molecule has 0 aliphatic rings. The molecule has 0 spiro atoms. The van der Waals surface area contributed by atoms with Crippen LogP contribution in [0.5, 0.6) is 0 Å². The molecule has 0 radical (unpaired) electrons. The van der Waals surface area contributed by atoms with Gasteiger partial charge in [-0.15, -0.1) is 0 Å². The Labute approximate surface area is 94.3 Å². The van der Waals surface area contributed by atoms with Crippen LogP contribution in [-0.4, -0.2) is 10.5 Å². The van der Waals surface area contributed by atoms with Crippen molar-refractivity contribution in [2.75, 3.05) is 5.32 Å². The lowest BCUT2D eigenvalue weighted by Crippen LogP contribution is -2.25. The first-order valence-electron chi connectivity index (χ1n) is 5.09. The summed E-state index contributed by atoms with van der Waals surface area (Å²) >= 11 is 1.72. The molecule has 1 N–H and O–H groups in total. The molecule has 0 saturated heterocycles. The Balaban J connectivity index is 2.39. The smallest absolute Gasteiger partial charge is 0.184 e. The van der Waals surface area contributed by atoms with Gasteiger partial charge in [0, 0.05) is 5.54 Å². The van der Waals surface area contributed by atoms with Gasteiger partial charge in [0.25, 0.3) is 0 Å². The van der Waals surface area contributed by atoms with Crippen LogP contribution in [0.15, 0.2) is 18.2 Å². The predicted molar refractivity (Wildman–Crippen MR) is 67.7 cm³/mol. The molecule has 2 aromatic rings. The van der Waals surface area contributed by atoms with Gasteiger partial charge in [0.2, 0.25) is 0 Å². The van der Waals surface area contributed by atoms with Crippen molar-refractivity contribution in [2.24, 2.45) is 0 Å². The Morgan fingerprint density at radius 2 is 2.00 bits per heavy atom. The Bertz CT molecular complexity index is 480. The summed E-state index contributed by atoms with van der Waals surface area (Å²) in [6.45, 7) is 8.54. The molecule has 1 aromatic heterocycles. The summed E-state index contributed by atoms with van der Waals surface area (Å²) in [5.41, 5.74) is 2.44. The van der Waals surface area contributed by atoms with Gasteiger partial charge < -0.3 is 5.32 Å². The molecule has 0 amide bonds. The molecule has 15 heavy (non-hydrogen) atoms. The van der Waals surface area contributed by atoms with Crippen LogP contribution in [-0.2, 0) is 0 Å². The number of hydrogen-bond donors (Lipinski definition) is 1. The molecule has 0 atom stereocenters. The number of rotatable bonds is 1. The number of nitrogens with zero attached hydrogens (tertiary/aromatic N) is 1. The van der Waals surface area contributed by atoms with Gasteiger partial charge in [-0.05, 0) is 45.4 Å². The van der Waals surface area contributed by atoms with Crippen LogP contribution in [0.1, 0.15) is 26.3 Å². The fraction of sp³-hybridized carbons (Fsp3) is 0.417. The second-order valence-electron chi connectivity index (χ2n) is 4.87. The second kappa shape index (κ2) is 3.49. The standard InChI is InChI=1S/C12H16N2S/c1-8-5-6-9-10(7-8)15-11(13-9)14-12(2,3)4/h5-7H,1-4H3,(H,13,14). The molecule has 1 heterocycles. The third-order valence-corrected chi connectivity index (χ3v) is 2.96. The molecule has 0 saturated carbocycles. The average Bonchev–Trinajstić information content (AvgIpc) is 2.42. The minimum Gasteiger partial charge on any atom is -0.357 e. The van der Waals surface area contributed by atoms with Gasteiger partial charge in [-0.3, -0.25) is 0 Å². The maximum absolute atomic E-state index is 4.55. The Morgan fingerprint density at radius 1 is 1.27 bits per heavy atom. The highest BCUT2D eigenvalue weighted by Crippen LogP contribution is 2.28. The van der Waals surface area contributed by atoms with Crippen LogP contribution in [0.3, 0.4) is 0 Å². The second-order valence-corrected chi connectivity index (χ2v) is 5.90. The zero-order valence-electron chi connectivity index (χ0n) is 9.59. The lowest BCUT2D eigenvalue weighted by atomic mass is 10.1. The van der Waals surface area contributed by atoms with Crippen molar-refractivity contribution >= 4 is 26.7 Å². The van der Waals surface area contributed by atoms with E-state index in [1.807, 2.05) is 0 Å². The largest absolute Gasteiger partial charge is 0.357 e. The highest BCUT2D eigenvalue weighted by Gasteiger charge is 2.12. The average molecular weight is 220 g/mol. The normalized spacial score (nSPS) is 12.0. The van der Waals surface area contributed by atoms with Crippen LogP contribution >= 0.6 is 11.3 Å². The number of fused-ring (bicyclic) bond motifs is 1. The van der Waals surface area contributed by atoms with E-state index in [-0.39, 0.29) is 5.54 Å². The number of benzene rings is 1. The van der Waals surface area contributed by atoms with E-state index in [1.165, 1.54) is 10.3 Å². The zero-order chi connectivity index (χ0) is 11.1. The van der Waals surface area contributed by atoms with E-state index in [1.54, 1.807) is 11.3 Å². The van der Waals surface area contributed by atoms with Gasteiger partial charge >= 0.3 is 0 Å². The minimum absolute atomic E-state index is 0.0723. The molecular formula is C12H16N2S. The molecular weight excluding hydrogens is 204 g/mol. The van der Waals surface area contributed by atoms with Gasteiger partial charge in [-0.25, -0.2) is 4.98 Å². The van der Waals surface area contributed by atoms with E-state index in [4.69, 9.17) is 0 Å². The molecule has 0 bridgehead atoms. The monoisotopic (exact) mass is 220 g/mol. The summed E-state index contributed by atoms with van der Waals surface area (Å²) < 4.78 is 1.25. The summed E-state index contributed by atoms with van der Waals surface area (Å²) in [6, 6.07) is 6.36. The summed E-state index contributed by atoms with van der Waals surface area (Å²) in [5, 5.41) is 4.40. The lowest BCUT2D eigenvalue weighted by Gasteiger charge is -2.19. The minimum atomic E-state index is 0.0723. The SMILES string of the molecule is Cc1ccc2nc(NC(C)(C)C)sc2c1. The maximum atomic E-state index is 4.55.